The van der Waals surface area contributed by atoms with Crippen LogP contribution in [0.1, 0.15) is 36.0 Å². The molecule has 0 unspecified atom stereocenters. The van der Waals surface area contributed by atoms with Crippen LogP contribution in [0.15, 0.2) is 59.5 Å². The van der Waals surface area contributed by atoms with Crippen LogP contribution in [0.2, 0.25) is 0 Å². The summed E-state index contributed by atoms with van der Waals surface area (Å²) >= 11 is 1.90. The highest BCUT2D eigenvalue weighted by atomic mass is 32.2. The molecule has 0 atom stereocenters. The van der Waals surface area contributed by atoms with E-state index >= 15 is 0 Å². The number of nitrogens with one attached hydrogen (secondary N) is 1. The lowest BCUT2D eigenvalue weighted by atomic mass is 10.2. The van der Waals surface area contributed by atoms with Crippen LogP contribution >= 0.6 is 11.8 Å². The molecule has 21 heavy (non-hydrogen) atoms. The summed E-state index contributed by atoms with van der Waals surface area (Å²) in [5.41, 5.74) is 1.61. The maximum absolute atomic E-state index is 12.3. The molecule has 2 aromatic rings. The van der Waals surface area contributed by atoms with Crippen molar-refractivity contribution in [2.45, 2.75) is 35.8 Å². The van der Waals surface area contributed by atoms with Gasteiger partial charge in [-0.15, -0.1) is 11.8 Å². The Labute approximate surface area is 130 Å². The number of hydrogen-bond acceptors (Lipinski definition) is 2. The van der Waals surface area contributed by atoms with Crippen molar-refractivity contribution in [1.29, 1.82) is 0 Å². The van der Waals surface area contributed by atoms with Gasteiger partial charge < -0.3 is 5.32 Å². The molecule has 1 aliphatic carbocycles. The van der Waals surface area contributed by atoms with E-state index < -0.39 is 0 Å². The number of benzene rings is 2. The van der Waals surface area contributed by atoms with E-state index in [-0.39, 0.29) is 5.91 Å². The van der Waals surface area contributed by atoms with Crippen LogP contribution in [0.3, 0.4) is 0 Å². The van der Waals surface area contributed by atoms with Gasteiger partial charge in [0.1, 0.15) is 0 Å². The molecular weight excluding hydrogens is 278 g/mol. The zero-order valence-electron chi connectivity index (χ0n) is 11.9. The highest BCUT2D eigenvalue weighted by Crippen LogP contribution is 2.38. The molecule has 0 radical (unpaired) electrons. The summed E-state index contributed by atoms with van der Waals surface area (Å²) in [5.74, 6) is -0.0462. The highest BCUT2D eigenvalue weighted by Gasteiger charge is 2.18. The zero-order valence-corrected chi connectivity index (χ0v) is 12.7. The Morgan fingerprint density at radius 1 is 0.952 bits per heavy atom. The van der Waals surface area contributed by atoms with Gasteiger partial charge in [-0.2, -0.15) is 0 Å². The molecule has 0 aliphatic heterocycles. The fourth-order valence-corrected chi connectivity index (χ4v) is 3.97. The van der Waals surface area contributed by atoms with Crippen molar-refractivity contribution in [3.63, 3.8) is 0 Å². The number of para-hydroxylation sites is 1. The summed E-state index contributed by atoms with van der Waals surface area (Å²) in [4.78, 5) is 13.5. The maximum Gasteiger partial charge on any atom is 0.255 e. The molecule has 0 heterocycles. The van der Waals surface area contributed by atoms with Crippen molar-refractivity contribution in [2.24, 2.45) is 0 Å². The zero-order chi connectivity index (χ0) is 14.5. The van der Waals surface area contributed by atoms with Crippen LogP contribution in [0.25, 0.3) is 0 Å². The smallest absolute Gasteiger partial charge is 0.255 e. The number of carbonyl (C=O) groups excluding carboxylic acids is 1. The van der Waals surface area contributed by atoms with Gasteiger partial charge in [0.25, 0.3) is 5.91 Å². The SMILES string of the molecule is O=C(Nc1ccccc1SC1CCCC1)c1ccccc1. The number of rotatable bonds is 4. The number of carbonyl (C=O) groups is 1. The molecule has 1 saturated carbocycles. The summed E-state index contributed by atoms with van der Waals surface area (Å²) in [6.07, 6.45) is 5.23. The predicted molar refractivity (Wildman–Crippen MR) is 89.0 cm³/mol. The molecule has 0 aromatic heterocycles. The average molecular weight is 297 g/mol. The first-order valence-electron chi connectivity index (χ1n) is 7.45. The van der Waals surface area contributed by atoms with E-state index in [1.54, 1.807) is 0 Å². The Morgan fingerprint density at radius 3 is 2.38 bits per heavy atom. The molecule has 1 fully saturated rings. The summed E-state index contributed by atoms with van der Waals surface area (Å²) in [6, 6.07) is 17.4. The third-order valence-corrected chi connectivity index (χ3v) is 5.18. The Bertz CT molecular complexity index is 606. The van der Waals surface area contributed by atoms with Crippen molar-refractivity contribution in [3.05, 3.63) is 60.2 Å². The topological polar surface area (TPSA) is 29.1 Å². The van der Waals surface area contributed by atoms with Crippen LogP contribution < -0.4 is 5.32 Å². The third-order valence-electron chi connectivity index (χ3n) is 3.77. The number of amides is 1. The third kappa shape index (κ3) is 3.67. The summed E-state index contributed by atoms with van der Waals surface area (Å²) in [6.45, 7) is 0. The van der Waals surface area contributed by atoms with Gasteiger partial charge >= 0.3 is 0 Å². The molecule has 0 bridgehead atoms. The van der Waals surface area contributed by atoms with Gasteiger partial charge in [0.05, 0.1) is 5.69 Å². The lowest BCUT2D eigenvalue weighted by molar-refractivity contribution is 0.102. The standard InChI is InChI=1S/C18H19NOS/c20-18(14-8-2-1-3-9-14)19-16-12-6-7-13-17(16)21-15-10-4-5-11-15/h1-3,6-9,12-13,15H,4-5,10-11H2,(H,19,20). The molecule has 1 N–H and O–H groups in total. The normalized spacial score (nSPS) is 15.0. The highest BCUT2D eigenvalue weighted by molar-refractivity contribution is 8.00. The summed E-state index contributed by atoms with van der Waals surface area (Å²) in [7, 11) is 0. The fourth-order valence-electron chi connectivity index (χ4n) is 2.64. The molecule has 1 aliphatic rings. The van der Waals surface area contributed by atoms with Crippen molar-refractivity contribution in [3.8, 4) is 0 Å². The van der Waals surface area contributed by atoms with Crippen LogP contribution in [-0.2, 0) is 0 Å². The van der Waals surface area contributed by atoms with Gasteiger partial charge in [0.2, 0.25) is 0 Å². The van der Waals surface area contributed by atoms with E-state index in [0.717, 1.165) is 5.69 Å². The number of thioether (sulfide) groups is 1. The van der Waals surface area contributed by atoms with E-state index in [1.165, 1.54) is 30.6 Å². The van der Waals surface area contributed by atoms with Crippen molar-refractivity contribution in [1.82, 2.24) is 0 Å². The molecule has 1 amide bonds. The van der Waals surface area contributed by atoms with E-state index in [4.69, 9.17) is 0 Å². The Balaban J connectivity index is 1.74. The molecule has 2 nitrogen and oxygen atoms in total. The van der Waals surface area contributed by atoms with Crippen molar-refractivity contribution in [2.75, 3.05) is 5.32 Å². The van der Waals surface area contributed by atoms with E-state index in [1.807, 2.05) is 60.3 Å². The van der Waals surface area contributed by atoms with E-state index in [2.05, 4.69) is 11.4 Å². The van der Waals surface area contributed by atoms with Crippen LogP contribution in [0, 0.1) is 0 Å². The number of hydrogen-bond donors (Lipinski definition) is 1. The minimum absolute atomic E-state index is 0.0462. The quantitative estimate of drug-likeness (QED) is 0.863. The minimum Gasteiger partial charge on any atom is -0.321 e. The van der Waals surface area contributed by atoms with Crippen LogP contribution in [0.5, 0.6) is 0 Å². The Kier molecular flexibility index (Phi) is 4.61. The molecule has 3 heteroatoms. The fraction of sp³-hybridized carbons (Fsp3) is 0.278. The lowest BCUT2D eigenvalue weighted by Gasteiger charge is -2.14. The maximum atomic E-state index is 12.3. The Morgan fingerprint density at radius 2 is 1.62 bits per heavy atom. The van der Waals surface area contributed by atoms with Gasteiger partial charge in [-0.25, -0.2) is 0 Å². The largest absolute Gasteiger partial charge is 0.321 e. The van der Waals surface area contributed by atoms with Crippen LogP contribution in [-0.4, -0.2) is 11.2 Å². The van der Waals surface area contributed by atoms with Gasteiger partial charge in [-0.1, -0.05) is 43.2 Å². The molecule has 0 spiro atoms. The van der Waals surface area contributed by atoms with Gasteiger partial charge in [0, 0.05) is 15.7 Å². The first kappa shape index (κ1) is 14.2. The predicted octanol–water partition coefficient (Wildman–Crippen LogP) is 4.97. The first-order chi connectivity index (χ1) is 10.3. The van der Waals surface area contributed by atoms with E-state index in [0.29, 0.717) is 10.8 Å². The van der Waals surface area contributed by atoms with Gasteiger partial charge in [-0.3, -0.25) is 4.79 Å². The Hall–Kier alpha value is -1.74. The molecular formula is C18H19NOS. The second-order valence-corrected chi connectivity index (χ2v) is 6.68. The molecule has 0 saturated heterocycles. The van der Waals surface area contributed by atoms with Gasteiger partial charge in [0.15, 0.2) is 0 Å². The molecule has 2 aromatic carbocycles. The molecule has 3 rings (SSSR count). The monoisotopic (exact) mass is 297 g/mol. The van der Waals surface area contributed by atoms with E-state index in [9.17, 15) is 4.79 Å². The van der Waals surface area contributed by atoms with Crippen LogP contribution in [0.4, 0.5) is 5.69 Å². The average Bonchev–Trinajstić information content (AvgIpc) is 3.03. The van der Waals surface area contributed by atoms with Crippen molar-refractivity contribution < 1.29 is 4.79 Å². The summed E-state index contributed by atoms with van der Waals surface area (Å²) in [5, 5.41) is 3.74. The molecule has 108 valence electrons. The second-order valence-electron chi connectivity index (χ2n) is 5.34. The van der Waals surface area contributed by atoms with Gasteiger partial charge in [-0.05, 0) is 37.1 Å². The van der Waals surface area contributed by atoms with Crippen molar-refractivity contribution >= 4 is 23.4 Å². The summed E-state index contributed by atoms with van der Waals surface area (Å²) < 4.78 is 0. The minimum atomic E-state index is -0.0462. The first-order valence-corrected chi connectivity index (χ1v) is 8.33. The second kappa shape index (κ2) is 6.81. The number of anilines is 1. The lowest BCUT2D eigenvalue weighted by Crippen LogP contribution is -2.12.